The summed E-state index contributed by atoms with van der Waals surface area (Å²) in [6.45, 7) is 5.79. The number of fused-ring (bicyclic) bond motifs is 9. The molecule has 3 aliphatic rings. The number of ether oxygens (including phenoxy) is 1. The first-order valence-corrected chi connectivity index (χ1v) is 12.5. The molecule has 4 heterocycles. The van der Waals surface area contributed by atoms with Crippen molar-refractivity contribution in [3.05, 3.63) is 59.8 Å². The number of piperazine rings is 1. The van der Waals surface area contributed by atoms with Crippen LogP contribution in [0.1, 0.15) is 28.8 Å². The van der Waals surface area contributed by atoms with Gasteiger partial charge in [-0.1, -0.05) is 0 Å². The molecule has 0 aliphatic carbocycles. The summed E-state index contributed by atoms with van der Waals surface area (Å²) in [5.74, 6) is 0.343. The number of nitrogens with two attached hydrogens (primary N) is 1. The van der Waals surface area contributed by atoms with Gasteiger partial charge in [0.15, 0.2) is 0 Å². The minimum absolute atomic E-state index is 0.134. The van der Waals surface area contributed by atoms with Crippen molar-refractivity contribution in [3.63, 3.8) is 0 Å². The third-order valence-corrected chi connectivity index (χ3v) is 6.68. The van der Waals surface area contributed by atoms with Gasteiger partial charge in [0, 0.05) is 79.3 Å². The molecule has 6 rings (SSSR count). The number of nitrogens with zero attached hydrogens (tertiary/aromatic N) is 4. The molecule has 1 aromatic heterocycles. The second-order valence-electron chi connectivity index (χ2n) is 9.34. The quantitative estimate of drug-likeness (QED) is 0.449. The first kappa shape index (κ1) is 24.0. The van der Waals surface area contributed by atoms with Crippen LogP contribution in [-0.4, -0.2) is 67.2 Å². The van der Waals surface area contributed by atoms with Crippen molar-refractivity contribution in [3.8, 4) is 11.3 Å². The Balaban J connectivity index is 1.46. The molecule has 3 aromatic rings. The molecule has 0 unspecified atom stereocenters. The Kier molecular flexibility index (Phi) is 7.29. The number of hydrogen-bond donors (Lipinski definition) is 3. The average molecular weight is 488 g/mol. The van der Waals surface area contributed by atoms with E-state index in [-0.39, 0.29) is 5.91 Å². The Morgan fingerprint density at radius 2 is 1.89 bits per heavy atom. The van der Waals surface area contributed by atoms with E-state index in [4.69, 9.17) is 10.5 Å². The highest BCUT2D eigenvalue weighted by Crippen LogP contribution is 2.29. The van der Waals surface area contributed by atoms with Gasteiger partial charge in [-0.15, -0.1) is 0 Å². The Morgan fingerprint density at radius 1 is 1.03 bits per heavy atom. The van der Waals surface area contributed by atoms with Crippen molar-refractivity contribution in [1.82, 2.24) is 20.2 Å². The number of amides is 1. The van der Waals surface area contributed by atoms with Crippen LogP contribution in [0.3, 0.4) is 0 Å². The number of nitrogens with one attached hydrogen (secondary N) is 2. The lowest BCUT2D eigenvalue weighted by Gasteiger charge is -2.35. The van der Waals surface area contributed by atoms with Crippen molar-refractivity contribution < 1.29 is 9.53 Å². The molecule has 9 nitrogen and oxygen atoms in total. The largest absolute Gasteiger partial charge is 0.398 e. The molecule has 6 bridgehead atoms. The summed E-state index contributed by atoms with van der Waals surface area (Å²) in [5.41, 5.74) is 12.0. The number of likely N-dealkylation sites (N-methyl/N-ethyl adjacent to an activating group) is 1. The monoisotopic (exact) mass is 487 g/mol. The Labute approximate surface area is 211 Å². The summed E-state index contributed by atoms with van der Waals surface area (Å²) in [4.78, 5) is 26.4. The van der Waals surface area contributed by atoms with Gasteiger partial charge < -0.3 is 30.9 Å². The van der Waals surface area contributed by atoms with Crippen molar-refractivity contribution in [2.24, 2.45) is 0 Å². The van der Waals surface area contributed by atoms with Crippen LogP contribution in [0.4, 0.5) is 23.0 Å². The molecule has 3 aliphatic heterocycles. The maximum atomic E-state index is 12.6. The molecule has 0 radical (unpaired) electrons. The van der Waals surface area contributed by atoms with E-state index in [9.17, 15) is 4.79 Å². The Bertz CT molecular complexity index is 1220. The topological polar surface area (TPSA) is 109 Å². The summed E-state index contributed by atoms with van der Waals surface area (Å²) in [5, 5.41) is 6.31. The zero-order chi connectivity index (χ0) is 24.9. The molecule has 0 atom stereocenters. The van der Waals surface area contributed by atoms with E-state index in [2.05, 4.69) is 55.6 Å². The van der Waals surface area contributed by atoms with Crippen LogP contribution < -0.4 is 21.3 Å². The van der Waals surface area contributed by atoms with Crippen LogP contribution in [0, 0.1) is 0 Å². The number of carbonyl (C=O) groups is 1. The van der Waals surface area contributed by atoms with E-state index in [0.717, 1.165) is 55.8 Å². The number of aromatic nitrogens is 2. The zero-order valence-corrected chi connectivity index (χ0v) is 20.7. The van der Waals surface area contributed by atoms with Crippen molar-refractivity contribution in [2.75, 3.05) is 62.3 Å². The predicted octanol–water partition coefficient (Wildman–Crippen LogP) is 3.26. The third-order valence-electron chi connectivity index (χ3n) is 6.68. The average Bonchev–Trinajstić information content (AvgIpc) is 2.88. The molecular weight excluding hydrogens is 454 g/mol. The SMILES string of the molecule is CN1CCN(c2ccc3cc2COCCCCNC(=O)c2ccc(c(N)c2)-c2ccnc(n2)N3)CC1. The first-order chi connectivity index (χ1) is 17.6. The molecule has 9 heteroatoms. The number of nitrogen functional groups attached to an aromatic ring is 1. The minimum Gasteiger partial charge on any atom is -0.398 e. The Morgan fingerprint density at radius 3 is 2.72 bits per heavy atom. The van der Waals surface area contributed by atoms with Crippen molar-refractivity contribution in [1.29, 1.82) is 0 Å². The van der Waals surface area contributed by atoms with E-state index in [0.29, 0.717) is 42.7 Å². The van der Waals surface area contributed by atoms with Crippen LogP contribution in [0.15, 0.2) is 48.7 Å². The van der Waals surface area contributed by atoms with Crippen LogP contribution in [0.25, 0.3) is 11.3 Å². The predicted molar refractivity (Wildman–Crippen MR) is 143 cm³/mol. The fourth-order valence-electron chi connectivity index (χ4n) is 4.59. The summed E-state index contributed by atoms with van der Waals surface area (Å²) in [6.07, 6.45) is 3.41. The molecule has 4 N–H and O–H groups in total. The number of rotatable bonds is 1. The van der Waals surface area contributed by atoms with Crippen LogP contribution in [-0.2, 0) is 11.3 Å². The van der Waals surface area contributed by atoms with Crippen LogP contribution in [0.2, 0.25) is 0 Å². The lowest BCUT2D eigenvalue weighted by molar-refractivity contribution is 0.0946. The summed E-state index contributed by atoms with van der Waals surface area (Å²) in [7, 11) is 2.16. The van der Waals surface area contributed by atoms with Gasteiger partial charge in [0.1, 0.15) is 0 Å². The third kappa shape index (κ3) is 5.58. The van der Waals surface area contributed by atoms with Gasteiger partial charge in [0.2, 0.25) is 5.95 Å². The van der Waals surface area contributed by atoms with Gasteiger partial charge in [-0.3, -0.25) is 4.79 Å². The lowest BCUT2D eigenvalue weighted by atomic mass is 10.1. The normalized spacial score (nSPS) is 17.5. The minimum atomic E-state index is -0.134. The van der Waals surface area contributed by atoms with E-state index in [1.165, 1.54) is 5.69 Å². The molecule has 0 spiro atoms. The molecule has 1 amide bonds. The van der Waals surface area contributed by atoms with Crippen LogP contribution in [0.5, 0.6) is 0 Å². The van der Waals surface area contributed by atoms with E-state index < -0.39 is 0 Å². The molecular formula is C27H33N7O2. The zero-order valence-electron chi connectivity index (χ0n) is 20.7. The molecule has 1 saturated heterocycles. The second kappa shape index (κ2) is 10.9. The fourth-order valence-corrected chi connectivity index (χ4v) is 4.59. The molecule has 0 saturated carbocycles. The molecule has 1 fully saturated rings. The van der Waals surface area contributed by atoms with Gasteiger partial charge >= 0.3 is 0 Å². The van der Waals surface area contributed by atoms with Gasteiger partial charge in [0.25, 0.3) is 5.91 Å². The number of benzene rings is 2. The smallest absolute Gasteiger partial charge is 0.251 e. The summed E-state index contributed by atoms with van der Waals surface area (Å²) < 4.78 is 6.07. The number of carbonyl (C=O) groups excluding carboxylic acids is 1. The van der Waals surface area contributed by atoms with Gasteiger partial charge in [-0.25, -0.2) is 9.97 Å². The maximum Gasteiger partial charge on any atom is 0.251 e. The number of anilines is 4. The second-order valence-corrected chi connectivity index (χ2v) is 9.34. The maximum absolute atomic E-state index is 12.6. The van der Waals surface area contributed by atoms with Gasteiger partial charge in [0.05, 0.1) is 12.3 Å². The molecule has 188 valence electrons. The Hall–Kier alpha value is -3.69. The first-order valence-electron chi connectivity index (χ1n) is 12.5. The molecule has 36 heavy (non-hydrogen) atoms. The van der Waals surface area contributed by atoms with Gasteiger partial charge in [-0.05, 0) is 62.4 Å². The van der Waals surface area contributed by atoms with E-state index in [1.54, 1.807) is 18.3 Å². The highest BCUT2D eigenvalue weighted by Gasteiger charge is 2.18. The molecule has 2 aromatic carbocycles. The summed E-state index contributed by atoms with van der Waals surface area (Å²) in [6, 6.07) is 13.5. The summed E-state index contributed by atoms with van der Waals surface area (Å²) >= 11 is 0. The standard InChI is InChI=1S/C27H33N7O2/c1-33-11-13-34(14-12-33)25-7-5-21-16-20(25)18-36-15-3-2-9-29-26(35)19-4-6-22(23(28)17-19)24-8-10-30-27(31-21)32-24/h4-8,10,16-17H,2-3,9,11-15,18,28H2,1H3,(H,29,35)(H,30,31,32). The number of hydrogen-bond acceptors (Lipinski definition) is 8. The van der Waals surface area contributed by atoms with Crippen molar-refractivity contribution >= 4 is 28.9 Å². The lowest BCUT2D eigenvalue weighted by Crippen LogP contribution is -2.44. The van der Waals surface area contributed by atoms with Gasteiger partial charge in [-0.2, -0.15) is 0 Å². The van der Waals surface area contributed by atoms with E-state index >= 15 is 0 Å². The highest BCUT2D eigenvalue weighted by molar-refractivity contribution is 5.96. The van der Waals surface area contributed by atoms with E-state index in [1.807, 2.05) is 12.1 Å². The fraction of sp³-hybridized carbons (Fsp3) is 0.370. The highest BCUT2D eigenvalue weighted by atomic mass is 16.5. The van der Waals surface area contributed by atoms with Crippen LogP contribution >= 0.6 is 0 Å². The van der Waals surface area contributed by atoms with Crippen molar-refractivity contribution in [2.45, 2.75) is 19.4 Å².